The van der Waals surface area contributed by atoms with E-state index < -0.39 is 5.97 Å². The Morgan fingerprint density at radius 2 is 1.97 bits per heavy atom. The number of benzene rings is 1. The minimum Gasteiger partial charge on any atom is -0.494 e. The van der Waals surface area contributed by atoms with E-state index in [1.807, 2.05) is 23.7 Å². The van der Waals surface area contributed by atoms with Gasteiger partial charge in [0.15, 0.2) is 5.88 Å². The van der Waals surface area contributed by atoms with E-state index in [0.717, 1.165) is 40.5 Å². The maximum absolute atomic E-state index is 11.3. The van der Waals surface area contributed by atoms with Crippen molar-refractivity contribution in [1.29, 1.82) is 0 Å². The van der Waals surface area contributed by atoms with Crippen molar-refractivity contribution in [2.45, 2.75) is 46.1 Å². The Morgan fingerprint density at radius 1 is 1.19 bits per heavy atom. The predicted octanol–water partition coefficient (Wildman–Crippen LogP) is 5.02. The van der Waals surface area contributed by atoms with Crippen LogP contribution in [0.4, 0.5) is 0 Å². The molecule has 0 radical (unpaired) electrons. The summed E-state index contributed by atoms with van der Waals surface area (Å²) in [5.41, 5.74) is 5.86. The van der Waals surface area contributed by atoms with Gasteiger partial charge in [0.25, 0.3) is 0 Å². The number of pyridine rings is 1. The van der Waals surface area contributed by atoms with Gasteiger partial charge in [-0.2, -0.15) is 0 Å². The number of rotatable bonds is 8. The number of carboxylic acids is 1. The number of aliphatic carboxylic acids is 1. The number of aromatic nitrogens is 3. The molecule has 3 aromatic heterocycles. The Hall–Kier alpha value is -3.28. The van der Waals surface area contributed by atoms with E-state index in [1.54, 1.807) is 6.20 Å². The fourth-order valence-electron chi connectivity index (χ4n) is 4.82. The minimum atomic E-state index is -0.805. The van der Waals surface area contributed by atoms with Gasteiger partial charge in [0.05, 0.1) is 17.6 Å². The van der Waals surface area contributed by atoms with E-state index in [0.29, 0.717) is 13.0 Å². The molecular formula is C25H29N3O3. The van der Waals surface area contributed by atoms with Crippen molar-refractivity contribution in [2.75, 3.05) is 0 Å². The monoisotopic (exact) mass is 419 g/mol. The van der Waals surface area contributed by atoms with E-state index in [1.165, 1.54) is 10.9 Å². The van der Waals surface area contributed by atoms with Crippen molar-refractivity contribution in [3.05, 3.63) is 59.4 Å². The van der Waals surface area contributed by atoms with Crippen LogP contribution in [0, 0.1) is 12.8 Å². The maximum atomic E-state index is 11.3. The standard InChI is InChI=1S/C25H29N3O3/c1-4-7-17(13-22(29)30)12-19-24-21(10-6-11-26-24)28(25(19)31)15-18-14-27(3)20-9-5-8-16(2)23(18)20/h5-6,8-11,14,17,31H,4,7,12-13,15H2,1-3H3,(H,29,30). The number of aryl methyl sites for hydroxylation is 2. The molecule has 4 rings (SSSR count). The van der Waals surface area contributed by atoms with Gasteiger partial charge in [-0.3, -0.25) is 9.78 Å². The quantitative estimate of drug-likeness (QED) is 0.420. The molecule has 3 heterocycles. The number of aromatic hydroxyl groups is 1. The minimum absolute atomic E-state index is 0.0331. The summed E-state index contributed by atoms with van der Waals surface area (Å²) in [6.45, 7) is 4.68. The average molecular weight is 420 g/mol. The highest BCUT2D eigenvalue weighted by atomic mass is 16.4. The summed E-state index contributed by atoms with van der Waals surface area (Å²) in [7, 11) is 2.03. The Morgan fingerprint density at radius 3 is 2.71 bits per heavy atom. The first-order chi connectivity index (χ1) is 14.9. The van der Waals surface area contributed by atoms with Crippen LogP contribution in [-0.2, 0) is 24.8 Å². The fourth-order valence-corrected chi connectivity index (χ4v) is 4.82. The molecule has 0 spiro atoms. The molecule has 0 aliphatic carbocycles. The van der Waals surface area contributed by atoms with Crippen molar-refractivity contribution >= 4 is 27.9 Å². The number of hydrogen-bond donors (Lipinski definition) is 2. The first-order valence-corrected chi connectivity index (χ1v) is 10.8. The molecule has 6 nitrogen and oxygen atoms in total. The van der Waals surface area contributed by atoms with Crippen molar-refractivity contribution < 1.29 is 15.0 Å². The predicted molar refractivity (Wildman–Crippen MR) is 123 cm³/mol. The molecule has 0 saturated heterocycles. The van der Waals surface area contributed by atoms with Gasteiger partial charge in [0.2, 0.25) is 0 Å². The molecule has 1 unspecified atom stereocenters. The molecule has 0 aliphatic heterocycles. The van der Waals surface area contributed by atoms with Crippen LogP contribution in [0.15, 0.2) is 42.7 Å². The number of nitrogens with zero attached hydrogens (tertiary/aromatic N) is 3. The molecule has 1 aromatic carbocycles. The molecule has 0 amide bonds. The van der Waals surface area contributed by atoms with Gasteiger partial charge in [-0.1, -0.05) is 25.5 Å². The van der Waals surface area contributed by atoms with E-state index in [-0.39, 0.29) is 18.2 Å². The lowest BCUT2D eigenvalue weighted by Gasteiger charge is -2.13. The van der Waals surface area contributed by atoms with Crippen molar-refractivity contribution in [3.8, 4) is 5.88 Å². The Kier molecular flexibility index (Phi) is 5.72. The second kappa shape index (κ2) is 8.46. The van der Waals surface area contributed by atoms with Crippen LogP contribution in [0.5, 0.6) is 5.88 Å². The summed E-state index contributed by atoms with van der Waals surface area (Å²) in [5.74, 6) is -0.652. The molecule has 1 atom stereocenters. The SMILES string of the molecule is CCCC(CC(=O)O)Cc1c(O)n(Cc2cn(C)c3cccc(C)c23)c2cccnc12. The normalized spacial score (nSPS) is 12.6. The number of carbonyl (C=O) groups is 1. The van der Waals surface area contributed by atoms with Crippen molar-refractivity contribution in [2.24, 2.45) is 13.0 Å². The average Bonchev–Trinajstić information content (AvgIpc) is 3.18. The molecule has 0 aliphatic rings. The molecule has 6 heteroatoms. The highest BCUT2D eigenvalue weighted by Crippen LogP contribution is 2.35. The molecule has 31 heavy (non-hydrogen) atoms. The van der Waals surface area contributed by atoms with Crippen LogP contribution >= 0.6 is 0 Å². The number of fused-ring (bicyclic) bond motifs is 2. The zero-order valence-electron chi connectivity index (χ0n) is 18.3. The van der Waals surface area contributed by atoms with Crippen LogP contribution in [-0.4, -0.2) is 30.3 Å². The third kappa shape index (κ3) is 3.90. The van der Waals surface area contributed by atoms with Crippen molar-refractivity contribution in [3.63, 3.8) is 0 Å². The summed E-state index contributed by atoms with van der Waals surface area (Å²) in [6, 6.07) is 10.1. The second-order valence-corrected chi connectivity index (χ2v) is 8.45. The highest BCUT2D eigenvalue weighted by Gasteiger charge is 2.23. The molecule has 0 bridgehead atoms. The van der Waals surface area contributed by atoms with Crippen LogP contribution in [0.2, 0.25) is 0 Å². The van der Waals surface area contributed by atoms with Crippen LogP contribution in [0.1, 0.15) is 42.9 Å². The van der Waals surface area contributed by atoms with E-state index >= 15 is 0 Å². The summed E-state index contributed by atoms with van der Waals surface area (Å²) in [4.78, 5) is 15.9. The molecular weight excluding hydrogens is 390 g/mol. The summed E-state index contributed by atoms with van der Waals surface area (Å²) < 4.78 is 4.02. The topological polar surface area (TPSA) is 80.3 Å². The van der Waals surface area contributed by atoms with Gasteiger partial charge in [0, 0.05) is 42.3 Å². The number of carboxylic acid groups (broad SMARTS) is 1. The Bertz CT molecular complexity index is 1250. The van der Waals surface area contributed by atoms with Gasteiger partial charge in [-0.25, -0.2) is 0 Å². The fraction of sp³-hybridized carbons (Fsp3) is 0.360. The highest BCUT2D eigenvalue weighted by molar-refractivity contribution is 5.88. The van der Waals surface area contributed by atoms with Crippen LogP contribution in [0.25, 0.3) is 21.9 Å². The molecule has 4 aromatic rings. The lowest BCUT2D eigenvalue weighted by atomic mass is 9.92. The van der Waals surface area contributed by atoms with Crippen LogP contribution < -0.4 is 0 Å². The summed E-state index contributed by atoms with van der Waals surface area (Å²) in [6.07, 6.45) is 6.14. The lowest BCUT2D eigenvalue weighted by Crippen LogP contribution is -2.11. The molecule has 0 fully saturated rings. The van der Waals surface area contributed by atoms with Gasteiger partial charge in [0.1, 0.15) is 0 Å². The second-order valence-electron chi connectivity index (χ2n) is 8.45. The largest absolute Gasteiger partial charge is 0.494 e. The number of hydrogen-bond acceptors (Lipinski definition) is 3. The van der Waals surface area contributed by atoms with Crippen molar-refractivity contribution in [1.82, 2.24) is 14.1 Å². The van der Waals surface area contributed by atoms with Gasteiger partial charge >= 0.3 is 5.97 Å². The smallest absolute Gasteiger partial charge is 0.303 e. The Labute approximate surface area is 181 Å². The van der Waals surface area contributed by atoms with Gasteiger partial charge < -0.3 is 19.3 Å². The molecule has 0 saturated carbocycles. The summed E-state index contributed by atoms with van der Waals surface area (Å²) in [5, 5.41) is 21.8. The Balaban J connectivity index is 1.80. The maximum Gasteiger partial charge on any atom is 0.303 e. The third-order valence-corrected chi connectivity index (χ3v) is 6.17. The molecule has 2 N–H and O–H groups in total. The first kappa shape index (κ1) is 21.0. The molecule has 162 valence electrons. The third-order valence-electron chi connectivity index (χ3n) is 6.17. The lowest BCUT2D eigenvalue weighted by molar-refractivity contribution is -0.138. The van der Waals surface area contributed by atoms with Crippen LogP contribution in [0.3, 0.4) is 0 Å². The van der Waals surface area contributed by atoms with E-state index in [2.05, 4.69) is 47.8 Å². The van der Waals surface area contributed by atoms with Gasteiger partial charge in [-0.15, -0.1) is 0 Å². The van der Waals surface area contributed by atoms with E-state index in [9.17, 15) is 15.0 Å². The first-order valence-electron chi connectivity index (χ1n) is 10.8. The summed E-state index contributed by atoms with van der Waals surface area (Å²) >= 11 is 0. The zero-order valence-corrected chi connectivity index (χ0v) is 18.3. The zero-order chi connectivity index (χ0) is 22.1. The van der Waals surface area contributed by atoms with E-state index in [4.69, 9.17) is 0 Å². The van der Waals surface area contributed by atoms with Gasteiger partial charge in [-0.05, 0) is 55.0 Å².